The van der Waals surface area contributed by atoms with Gasteiger partial charge in [0.05, 0.1) is 12.3 Å². The first-order valence-electron chi connectivity index (χ1n) is 10.9. The third kappa shape index (κ3) is 4.19. The number of oxazole rings is 1. The standard InChI is InChI=1S/C25H23N5O3/c1-17(23(31)27-20-9-8-18-5-2-3-6-19(18)15-20)29-10-12-30(13-11-29)25-21(16-26)28-24(33-25)22-7-4-14-32-22/h2-9,14-15,17H,10-13H2,1H3,(H,27,31). The fraction of sp³-hybridized carbons (Fsp3) is 0.240. The van der Waals surface area contributed by atoms with E-state index in [1.165, 1.54) is 6.26 Å². The highest BCUT2D eigenvalue weighted by molar-refractivity contribution is 5.97. The predicted molar refractivity (Wildman–Crippen MR) is 125 cm³/mol. The van der Waals surface area contributed by atoms with Crippen LogP contribution in [0.5, 0.6) is 0 Å². The Hall–Kier alpha value is -4.09. The first kappa shape index (κ1) is 20.8. The van der Waals surface area contributed by atoms with E-state index in [2.05, 4.69) is 21.3 Å². The second-order valence-electron chi connectivity index (χ2n) is 8.01. The molecule has 0 saturated carbocycles. The zero-order chi connectivity index (χ0) is 22.8. The van der Waals surface area contributed by atoms with Crippen molar-refractivity contribution in [2.75, 3.05) is 36.4 Å². The lowest BCUT2D eigenvalue weighted by atomic mass is 10.1. The normalized spacial score (nSPS) is 15.3. The van der Waals surface area contributed by atoms with Gasteiger partial charge in [-0.3, -0.25) is 9.69 Å². The Morgan fingerprint density at radius 3 is 2.61 bits per heavy atom. The van der Waals surface area contributed by atoms with Gasteiger partial charge in [-0.1, -0.05) is 30.3 Å². The zero-order valence-corrected chi connectivity index (χ0v) is 18.2. The minimum Gasteiger partial charge on any atom is -0.459 e. The fourth-order valence-corrected chi connectivity index (χ4v) is 4.10. The molecule has 4 aromatic rings. The van der Waals surface area contributed by atoms with Gasteiger partial charge in [-0.25, -0.2) is 0 Å². The number of benzene rings is 2. The molecule has 0 radical (unpaired) electrons. The Kier molecular flexibility index (Phi) is 5.55. The van der Waals surface area contributed by atoms with Crippen LogP contribution in [-0.2, 0) is 4.79 Å². The molecular weight excluding hydrogens is 418 g/mol. The lowest BCUT2D eigenvalue weighted by molar-refractivity contribution is -0.120. The quantitative estimate of drug-likeness (QED) is 0.498. The van der Waals surface area contributed by atoms with E-state index in [4.69, 9.17) is 8.83 Å². The van der Waals surface area contributed by atoms with Gasteiger partial charge in [0.25, 0.3) is 5.89 Å². The van der Waals surface area contributed by atoms with Gasteiger partial charge in [0.2, 0.25) is 17.5 Å². The van der Waals surface area contributed by atoms with Gasteiger partial charge in [0.15, 0.2) is 5.76 Å². The summed E-state index contributed by atoms with van der Waals surface area (Å²) in [5, 5.41) is 14.7. The molecule has 1 fully saturated rings. The average Bonchev–Trinajstić information content (AvgIpc) is 3.53. The maximum Gasteiger partial charge on any atom is 0.266 e. The minimum absolute atomic E-state index is 0.0452. The second kappa shape index (κ2) is 8.81. The van der Waals surface area contributed by atoms with Crippen molar-refractivity contribution >= 4 is 28.3 Å². The minimum atomic E-state index is -0.289. The molecule has 8 heteroatoms. The summed E-state index contributed by atoms with van der Waals surface area (Å²) in [6.45, 7) is 4.47. The molecule has 1 aliphatic rings. The Balaban J connectivity index is 1.22. The summed E-state index contributed by atoms with van der Waals surface area (Å²) in [6, 6.07) is 19.3. The topological polar surface area (TPSA) is 98.5 Å². The number of nitrogens with one attached hydrogen (secondary N) is 1. The molecule has 33 heavy (non-hydrogen) atoms. The van der Waals surface area contributed by atoms with Crippen LogP contribution in [0.25, 0.3) is 22.4 Å². The first-order valence-corrected chi connectivity index (χ1v) is 10.9. The van der Waals surface area contributed by atoms with Crippen LogP contribution in [0, 0.1) is 11.3 Å². The lowest BCUT2D eigenvalue weighted by Crippen LogP contribution is -2.52. The van der Waals surface area contributed by atoms with Crippen molar-refractivity contribution in [1.82, 2.24) is 9.88 Å². The summed E-state index contributed by atoms with van der Waals surface area (Å²) in [5.41, 5.74) is 1.02. The number of amides is 1. The van der Waals surface area contributed by atoms with Crippen LogP contribution >= 0.6 is 0 Å². The molecule has 1 aliphatic heterocycles. The highest BCUT2D eigenvalue weighted by Crippen LogP contribution is 2.29. The lowest BCUT2D eigenvalue weighted by Gasteiger charge is -2.37. The Morgan fingerprint density at radius 2 is 1.88 bits per heavy atom. The zero-order valence-electron chi connectivity index (χ0n) is 18.2. The summed E-state index contributed by atoms with van der Waals surface area (Å²) in [4.78, 5) is 21.3. The molecule has 2 aromatic carbocycles. The van der Waals surface area contributed by atoms with Crippen LogP contribution in [0.1, 0.15) is 12.6 Å². The predicted octanol–water partition coefficient (Wildman–Crippen LogP) is 4.11. The molecule has 1 amide bonds. The molecule has 8 nitrogen and oxygen atoms in total. The van der Waals surface area contributed by atoms with Gasteiger partial charge in [-0.15, -0.1) is 0 Å². The number of aromatic nitrogens is 1. The molecule has 0 bridgehead atoms. The van der Waals surface area contributed by atoms with Gasteiger partial charge in [-0.2, -0.15) is 10.2 Å². The van der Waals surface area contributed by atoms with Crippen molar-refractivity contribution in [3.63, 3.8) is 0 Å². The Bertz CT molecular complexity index is 1310. The number of fused-ring (bicyclic) bond motifs is 1. The molecule has 1 N–H and O–H groups in total. The van der Waals surface area contributed by atoms with E-state index in [9.17, 15) is 10.1 Å². The molecular formula is C25H23N5O3. The fourth-order valence-electron chi connectivity index (χ4n) is 4.10. The SMILES string of the molecule is CC(C(=O)Nc1ccc2ccccc2c1)N1CCN(c2oc(-c3ccco3)nc2C#N)CC1. The number of hydrogen-bond acceptors (Lipinski definition) is 7. The number of furan rings is 1. The van der Waals surface area contributed by atoms with Gasteiger partial charge in [0, 0.05) is 31.9 Å². The molecule has 5 rings (SSSR count). The Labute approximate surface area is 191 Å². The number of rotatable bonds is 5. The summed E-state index contributed by atoms with van der Waals surface area (Å²) in [7, 11) is 0. The summed E-state index contributed by atoms with van der Waals surface area (Å²) in [5.74, 6) is 1.17. The highest BCUT2D eigenvalue weighted by atomic mass is 16.4. The summed E-state index contributed by atoms with van der Waals surface area (Å²) < 4.78 is 11.2. The number of carbonyl (C=O) groups excluding carboxylic acids is 1. The van der Waals surface area contributed by atoms with E-state index in [0.29, 0.717) is 37.8 Å². The average molecular weight is 441 g/mol. The number of hydrogen-bond donors (Lipinski definition) is 1. The number of piperazine rings is 1. The number of carbonyl (C=O) groups is 1. The van der Waals surface area contributed by atoms with Gasteiger partial charge in [0.1, 0.15) is 6.07 Å². The number of nitrogens with zero attached hydrogens (tertiary/aromatic N) is 4. The first-order chi connectivity index (χ1) is 16.1. The molecule has 166 valence electrons. The van der Waals surface area contributed by atoms with Crippen molar-refractivity contribution in [1.29, 1.82) is 5.26 Å². The Morgan fingerprint density at radius 1 is 1.09 bits per heavy atom. The van der Waals surface area contributed by atoms with Crippen LogP contribution < -0.4 is 10.2 Å². The van der Waals surface area contributed by atoms with Crippen molar-refractivity contribution in [2.24, 2.45) is 0 Å². The third-order valence-electron chi connectivity index (χ3n) is 5.99. The summed E-state index contributed by atoms with van der Waals surface area (Å²) >= 11 is 0. The smallest absolute Gasteiger partial charge is 0.266 e. The third-order valence-corrected chi connectivity index (χ3v) is 5.99. The second-order valence-corrected chi connectivity index (χ2v) is 8.01. The number of nitriles is 1. The van der Waals surface area contributed by atoms with Crippen LogP contribution in [0.15, 0.2) is 69.7 Å². The van der Waals surface area contributed by atoms with E-state index in [-0.39, 0.29) is 23.5 Å². The molecule has 3 heterocycles. The summed E-state index contributed by atoms with van der Waals surface area (Å²) in [6.07, 6.45) is 1.54. The van der Waals surface area contributed by atoms with Crippen molar-refractivity contribution in [3.05, 3.63) is 66.6 Å². The maximum atomic E-state index is 12.9. The van der Waals surface area contributed by atoms with Crippen molar-refractivity contribution < 1.29 is 13.6 Å². The van der Waals surface area contributed by atoms with Gasteiger partial charge >= 0.3 is 0 Å². The number of anilines is 2. The van der Waals surface area contributed by atoms with Crippen LogP contribution in [-0.4, -0.2) is 48.0 Å². The van der Waals surface area contributed by atoms with Crippen molar-refractivity contribution in [2.45, 2.75) is 13.0 Å². The van der Waals surface area contributed by atoms with E-state index in [1.807, 2.05) is 54.3 Å². The van der Waals surface area contributed by atoms with Gasteiger partial charge in [-0.05, 0) is 42.0 Å². The van der Waals surface area contributed by atoms with Crippen LogP contribution in [0.2, 0.25) is 0 Å². The molecule has 1 atom stereocenters. The van der Waals surface area contributed by atoms with Crippen LogP contribution in [0.4, 0.5) is 11.6 Å². The molecule has 1 unspecified atom stereocenters. The van der Waals surface area contributed by atoms with E-state index < -0.39 is 0 Å². The highest BCUT2D eigenvalue weighted by Gasteiger charge is 2.29. The molecule has 0 spiro atoms. The van der Waals surface area contributed by atoms with E-state index in [1.54, 1.807) is 12.1 Å². The van der Waals surface area contributed by atoms with Gasteiger partial charge < -0.3 is 19.1 Å². The molecule has 0 aliphatic carbocycles. The van der Waals surface area contributed by atoms with Crippen LogP contribution in [0.3, 0.4) is 0 Å². The monoisotopic (exact) mass is 441 g/mol. The van der Waals surface area contributed by atoms with E-state index >= 15 is 0 Å². The molecule has 2 aromatic heterocycles. The molecule has 1 saturated heterocycles. The maximum absolute atomic E-state index is 12.9. The van der Waals surface area contributed by atoms with E-state index in [0.717, 1.165) is 16.5 Å². The van der Waals surface area contributed by atoms with Crippen molar-refractivity contribution in [3.8, 4) is 17.7 Å². The largest absolute Gasteiger partial charge is 0.459 e.